The average molecular weight is 380 g/mol. The number of piperazine rings is 1. The Kier molecular flexibility index (Phi) is 5.43. The van der Waals surface area contributed by atoms with E-state index < -0.39 is 0 Å². The van der Waals surface area contributed by atoms with E-state index in [1.165, 1.54) is 5.56 Å². The molecule has 1 fully saturated rings. The largest absolute Gasteiger partial charge is 0.454 e. The highest BCUT2D eigenvalue weighted by Crippen LogP contribution is 2.32. The molecular weight excluding hydrogens is 356 g/mol. The molecule has 0 bridgehead atoms. The van der Waals surface area contributed by atoms with E-state index in [1.807, 2.05) is 23.1 Å². The van der Waals surface area contributed by atoms with E-state index in [0.717, 1.165) is 36.8 Å². The van der Waals surface area contributed by atoms with Crippen molar-refractivity contribution in [3.8, 4) is 11.5 Å². The van der Waals surface area contributed by atoms with E-state index in [0.29, 0.717) is 32.1 Å². The van der Waals surface area contributed by atoms with Crippen LogP contribution in [0.1, 0.15) is 16.1 Å². The quantitative estimate of drug-likeness (QED) is 0.776. The molecule has 1 saturated heterocycles. The van der Waals surface area contributed by atoms with Crippen molar-refractivity contribution in [2.24, 2.45) is 0 Å². The van der Waals surface area contributed by atoms with Gasteiger partial charge in [-0.05, 0) is 29.8 Å². The highest BCUT2D eigenvalue weighted by atomic mass is 16.7. The number of hydrogen-bond acceptors (Lipinski definition) is 6. The van der Waals surface area contributed by atoms with Crippen LogP contribution >= 0.6 is 0 Å². The fourth-order valence-electron chi connectivity index (χ4n) is 3.38. The van der Waals surface area contributed by atoms with Crippen molar-refractivity contribution < 1.29 is 14.3 Å². The van der Waals surface area contributed by atoms with E-state index in [2.05, 4.69) is 27.8 Å². The lowest BCUT2D eigenvalue weighted by atomic mass is 10.1. The number of aromatic nitrogens is 1. The third kappa shape index (κ3) is 4.09. The second kappa shape index (κ2) is 8.31. The van der Waals surface area contributed by atoms with Gasteiger partial charge in [0, 0.05) is 39.3 Å². The molecule has 2 aromatic rings. The number of pyridine rings is 1. The number of fused-ring (bicyclic) bond motifs is 1. The molecule has 2 aliphatic rings. The molecule has 1 aromatic carbocycles. The Morgan fingerprint density at radius 3 is 2.71 bits per heavy atom. The molecule has 0 spiro atoms. The number of carbonyl (C=O) groups is 1. The van der Waals surface area contributed by atoms with Gasteiger partial charge < -0.3 is 19.7 Å². The molecule has 0 aliphatic carbocycles. The van der Waals surface area contributed by atoms with Crippen LogP contribution in [0.5, 0.6) is 11.5 Å². The van der Waals surface area contributed by atoms with Gasteiger partial charge in [-0.1, -0.05) is 12.1 Å². The molecule has 7 nitrogen and oxygen atoms in total. The van der Waals surface area contributed by atoms with Gasteiger partial charge in [-0.15, -0.1) is 6.58 Å². The Balaban J connectivity index is 1.29. The molecule has 0 saturated carbocycles. The van der Waals surface area contributed by atoms with Crippen LogP contribution in [0.15, 0.2) is 49.2 Å². The number of benzene rings is 1. The number of hydrogen-bond donors (Lipinski definition) is 1. The highest BCUT2D eigenvalue weighted by Gasteiger charge is 2.23. The molecule has 7 heteroatoms. The van der Waals surface area contributed by atoms with Gasteiger partial charge in [0.1, 0.15) is 5.69 Å². The molecule has 1 N–H and O–H groups in total. The second-order valence-electron chi connectivity index (χ2n) is 6.86. The summed E-state index contributed by atoms with van der Waals surface area (Å²) in [6, 6.07) is 9.70. The third-order valence-corrected chi connectivity index (χ3v) is 4.94. The first-order valence-electron chi connectivity index (χ1n) is 9.44. The van der Waals surface area contributed by atoms with Gasteiger partial charge in [0.25, 0.3) is 5.91 Å². The van der Waals surface area contributed by atoms with Crippen LogP contribution in [0.2, 0.25) is 0 Å². The first-order valence-corrected chi connectivity index (χ1v) is 9.44. The number of anilines is 1. The zero-order chi connectivity index (χ0) is 19.3. The maximum Gasteiger partial charge on any atom is 0.272 e. The summed E-state index contributed by atoms with van der Waals surface area (Å²) in [5.74, 6) is 1.60. The van der Waals surface area contributed by atoms with Gasteiger partial charge in [0.2, 0.25) is 6.79 Å². The molecule has 146 valence electrons. The maximum atomic E-state index is 12.7. The van der Waals surface area contributed by atoms with Gasteiger partial charge in [-0.3, -0.25) is 9.69 Å². The minimum absolute atomic E-state index is 0.0157. The number of amides is 1. The Morgan fingerprint density at radius 1 is 1.14 bits per heavy atom. The summed E-state index contributed by atoms with van der Waals surface area (Å²) in [7, 11) is 0. The van der Waals surface area contributed by atoms with Crippen molar-refractivity contribution in [2.75, 3.05) is 44.8 Å². The second-order valence-corrected chi connectivity index (χ2v) is 6.86. The zero-order valence-electron chi connectivity index (χ0n) is 15.8. The smallest absolute Gasteiger partial charge is 0.272 e. The van der Waals surface area contributed by atoms with Crippen molar-refractivity contribution in [3.05, 3.63) is 60.4 Å². The minimum atomic E-state index is -0.0157. The average Bonchev–Trinajstić information content (AvgIpc) is 3.20. The molecular formula is C21H24N4O3. The van der Waals surface area contributed by atoms with Gasteiger partial charge in [0.15, 0.2) is 11.5 Å². The Morgan fingerprint density at radius 2 is 1.96 bits per heavy atom. The number of nitrogens with one attached hydrogen (secondary N) is 1. The molecule has 0 atom stereocenters. The summed E-state index contributed by atoms with van der Waals surface area (Å²) >= 11 is 0. The summed E-state index contributed by atoms with van der Waals surface area (Å²) < 4.78 is 10.8. The molecule has 4 rings (SSSR count). The topological polar surface area (TPSA) is 66.9 Å². The number of nitrogens with zero attached hydrogens (tertiary/aromatic N) is 3. The van der Waals surface area contributed by atoms with Gasteiger partial charge in [-0.2, -0.15) is 0 Å². The van der Waals surface area contributed by atoms with Crippen molar-refractivity contribution >= 4 is 11.6 Å². The van der Waals surface area contributed by atoms with Crippen molar-refractivity contribution in [1.29, 1.82) is 0 Å². The predicted octanol–water partition coefficient (Wildman–Crippen LogP) is 2.37. The van der Waals surface area contributed by atoms with E-state index in [9.17, 15) is 4.79 Å². The van der Waals surface area contributed by atoms with Gasteiger partial charge >= 0.3 is 0 Å². The van der Waals surface area contributed by atoms with Gasteiger partial charge in [0.05, 0.1) is 11.9 Å². The van der Waals surface area contributed by atoms with Crippen LogP contribution in [0.3, 0.4) is 0 Å². The summed E-state index contributed by atoms with van der Waals surface area (Å²) in [6.45, 7) is 8.52. The fraction of sp³-hybridized carbons (Fsp3) is 0.333. The van der Waals surface area contributed by atoms with Gasteiger partial charge in [-0.25, -0.2) is 4.98 Å². The van der Waals surface area contributed by atoms with E-state index >= 15 is 0 Å². The Bertz CT molecular complexity index is 845. The number of carbonyl (C=O) groups excluding carboxylic acids is 1. The summed E-state index contributed by atoms with van der Waals surface area (Å²) in [6.07, 6.45) is 3.47. The van der Waals surface area contributed by atoms with E-state index in [4.69, 9.17) is 9.47 Å². The lowest BCUT2D eigenvalue weighted by Gasteiger charge is -2.34. The molecule has 1 amide bonds. The summed E-state index contributed by atoms with van der Waals surface area (Å²) in [5, 5.41) is 3.16. The van der Waals surface area contributed by atoms with Crippen molar-refractivity contribution in [2.45, 2.75) is 6.54 Å². The first kappa shape index (κ1) is 18.3. The van der Waals surface area contributed by atoms with Crippen LogP contribution in [0, 0.1) is 0 Å². The van der Waals surface area contributed by atoms with E-state index in [1.54, 1.807) is 18.3 Å². The number of rotatable bonds is 6. The highest BCUT2D eigenvalue weighted by molar-refractivity contribution is 5.92. The fourth-order valence-corrected chi connectivity index (χ4v) is 3.38. The standard InChI is InChI=1S/C21H24N4O3/c1-2-7-22-17-4-5-18(23-13-17)21(26)25-10-8-24(9-11-25)14-16-3-6-19-20(12-16)28-15-27-19/h2-6,12-13,22H,1,7-11,14-15H2. The molecule has 28 heavy (non-hydrogen) atoms. The number of ether oxygens (including phenoxy) is 2. The van der Waals surface area contributed by atoms with Crippen molar-refractivity contribution in [3.63, 3.8) is 0 Å². The van der Waals surface area contributed by atoms with Crippen LogP contribution in [0.4, 0.5) is 5.69 Å². The Hall–Kier alpha value is -3.06. The molecule has 0 unspecified atom stereocenters. The summed E-state index contributed by atoms with van der Waals surface area (Å²) in [5.41, 5.74) is 2.55. The normalized spacial score (nSPS) is 16.1. The molecule has 2 aliphatic heterocycles. The monoisotopic (exact) mass is 380 g/mol. The van der Waals surface area contributed by atoms with E-state index in [-0.39, 0.29) is 5.91 Å². The SMILES string of the molecule is C=CCNc1ccc(C(=O)N2CCN(Cc3ccc4c(c3)OCO4)CC2)nc1. The zero-order valence-corrected chi connectivity index (χ0v) is 15.8. The first-order chi connectivity index (χ1) is 13.7. The Labute approximate surface area is 164 Å². The van der Waals surface area contributed by atoms with Crippen LogP contribution in [0.25, 0.3) is 0 Å². The maximum absolute atomic E-state index is 12.7. The van der Waals surface area contributed by atoms with Crippen molar-refractivity contribution in [1.82, 2.24) is 14.8 Å². The molecule has 0 radical (unpaired) electrons. The lowest BCUT2D eigenvalue weighted by Crippen LogP contribution is -2.48. The molecule has 3 heterocycles. The van der Waals surface area contributed by atoms with Crippen LogP contribution in [-0.4, -0.2) is 60.2 Å². The molecule has 1 aromatic heterocycles. The summed E-state index contributed by atoms with van der Waals surface area (Å²) in [4.78, 5) is 21.2. The predicted molar refractivity (Wildman–Crippen MR) is 107 cm³/mol. The lowest BCUT2D eigenvalue weighted by molar-refractivity contribution is 0.0623. The van der Waals surface area contributed by atoms with Crippen LogP contribution < -0.4 is 14.8 Å². The third-order valence-electron chi connectivity index (χ3n) is 4.94. The van der Waals surface area contributed by atoms with Crippen LogP contribution in [-0.2, 0) is 6.54 Å². The minimum Gasteiger partial charge on any atom is -0.454 e.